The van der Waals surface area contributed by atoms with Gasteiger partial charge in [-0.05, 0) is 49.9 Å². The Labute approximate surface area is 140 Å². The SMILES string of the molecule is COc1ccc(CN(C)CC(=O)NCC2CCCCC2)cc1C. The fourth-order valence-electron chi connectivity index (χ4n) is 3.36. The molecule has 0 aromatic heterocycles. The van der Waals surface area contributed by atoms with E-state index in [1.54, 1.807) is 7.11 Å². The van der Waals surface area contributed by atoms with Crippen molar-refractivity contribution in [3.8, 4) is 5.75 Å². The number of nitrogens with one attached hydrogen (secondary N) is 1. The highest BCUT2D eigenvalue weighted by Crippen LogP contribution is 2.22. The molecule has 0 spiro atoms. The fraction of sp³-hybridized carbons (Fsp3) is 0.632. The monoisotopic (exact) mass is 318 g/mol. The maximum Gasteiger partial charge on any atom is 0.234 e. The minimum absolute atomic E-state index is 0.128. The van der Waals surface area contributed by atoms with E-state index in [4.69, 9.17) is 4.74 Å². The van der Waals surface area contributed by atoms with Crippen LogP contribution >= 0.6 is 0 Å². The molecule has 1 amide bonds. The van der Waals surface area contributed by atoms with Gasteiger partial charge in [-0.25, -0.2) is 0 Å². The van der Waals surface area contributed by atoms with Crippen molar-refractivity contribution in [3.63, 3.8) is 0 Å². The molecule has 0 saturated heterocycles. The van der Waals surface area contributed by atoms with Crippen LogP contribution in [-0.2, 0) is 11.3 Å². The molecule has 0 bridgehead atoms. The lowest BCUT2D eigenvalue weighted by Crippen LogP contribution is -2.37. The summed E-state index contributed by atoms with van der Waals surface area (Å²) in [5.74, 6) is 1.71. The molecule has 4 heteroatoms. The first-order valence-electron chi connectivity index (χ1n) is 8.67. The highest BCUT2D eigenvalue weighted by atomic mass is 16.5. The molecule has 0 atom stereocenters. The number of benzene rings is 1. The molecule has 1 fully saturated rings. The average Bonchev–Trinajstić information content (AvgIpc) is 2.54. The molecule has 0 heterocycles. The highest BCUT2D eigenvalue weighted by molar-refractivity contribution is 5.77. The van der Waals surface area contributed by atoms with Crippen LogP contribution in [0.25, 0.3) is 0 Å². The summed E-state index contributed by atoms with van der Waals surface area (Å²) in [6, 6.07) is 6.17. The summed E-state index contributed by atoms with van der Waals surface area (Å²) in [7, 11) is 3.67. The van der Waals surface area contributed by atoms with E-state index >= 15 is 0 Å². The zero-order chi connectivity index (χ0) is 16.7. The van der Waals surface area contributed by atoms with E-state index in [0.29, 0.717) is 12.5 Å². The van der Waals surface area contributed by atoms with Crippen LogP contribution in [0.15, 0.2) is 18.2 Å². The predicted octanol–water partition coefficient (Wildman–Crippen LogP) is 3.13. The number of likely N-dealkylation sites (N-methyl/N-ethyl adjacent to an activating group) is 1. The van der Waals surface area contributed by atoms with Gasteiger partial charge in [-0.2, -0.15) is 0 Å². The van der Waals surface area contributed by atoms with E-state index in [9.17, 15) is 4.79 Å². The van der Waals surface area contributed by atoms with Gasteiger partial charge < -0.3 is 10.1 Å². The molecule has 1 N–H and O–H groups in total. The number of carbonyl (C=O) groups excluding carboxylic acids is 1. The van der Waals surface area contributed by atoms with Crippen LogP contribution < -0.4 is 10.1 Å². The van der Waals surface area contributed by atoms with Crippen molar-refractivity contribution in [2.75, 3.05) is 27.2 Å². The quantitative estimate of drug-likeness (QED) is 0.840. The lowest BCUT2D eigenvalue weighted by Gasteiger charge is -2.23. The predicted molar refractivity (Wildman–Crippen MR) is 93.6 cm³/mol. The zero-order valence-electron chi connectivity index (χ0n) is 14.7. The Hall–Kier alpha value is -1.55. The number of nitrogens with zero attached hydrogens (tertiary/aromatic N) is 1. The van der Waals surface area contributed by atoms with E-state index in [2.05, 4.69) is 22.3 Å². The molecule has 1 saturated carbocycles. The van der Waals surface area contributed by atoms with Gasteiger partial charge in [0.15, 0.2) is 0 Å². The first-order valence-corrected chi connectivity index (χ1v) is 8.67. The number of aryl methyl sites for hydroxylation is 1. The van der Waals surface area contributed by atoms with Gasteiger partial charge in [0.05, 0.1) is 13.7 Å². The molecule has 1 aromatic rings. The number of amides is 1. The Morgan fingerprint density at radius 1 is 1.30 bits per heavy atom. The summed E-state index contributed by atoms with van der Waals surface area (Å²) in [6.07, 6.45) is 6.52. The smallest absolute Gasteiger partial charge is 0.234 e. The lowest BCUT2D eigenvalue weighted by atomic mass is 9.89. The van der Waals surface area contributed by atoms with E-state index in [1.165, 1.54) is 37.7 Å². The van der Waals surface area contributed by atoms with Gasteiger partial charge in [-0.1, -0.05) is 31.4 Å². The largest absolute Gasteiger partial charge is 0.496 e. The number of hydrogen-bond donors (Lipinski definition) is 1. The fourth-order valence-corrected chi connectivity index (χ4v) is 3.36. The third-order valence-corrected chi connectivity index (χ3v) is 4.64. The number of rotatable bonds is 7. The first kappa shape index (κ1) is 17.8. The molecule has 0 unspecified atom stereocenters. The van der Waals surface area contributed by atoms with Gasteiger partial charge >= 0.3 is 0 Å². The van der Waals surface area contributed by atoms with Crippen molar-refractivity contribution in [3.05, 3.63) is 29.3 Å². The molecule has 4 nitrogen and oxygen atoms in total. The van der Waals surface area contributed by atoms with Crippen molar-refractivity contribution in [1.29, 1.82) is 0 Å². The van der Waals surface area contributed by atoms with Gasteiger partial charge in [0, 0.05) is 13.1 Å². The molecular formula is C19H30N2O2. The van der Waals surface area contributed by atoms with Crippen LogP contribution in [0.3, 0.4) is 0 Å². The van der Waals surface area contributed by atoms with Crippen molar-refractivity contribution >= 4 is 5.91 Å². The number of hydrogen-bond acceptors (Lipinski definition) is 3. The maximum atomic E-state index is 12.1. The Kier molecular flexibility index (Phi) is 6.90. The summed E-state index contributed by atoms with van der Waals surface area (Å²) in [4.78, 5) is 14.1. The van der Waals surface area contributed by atoms with Gasteiger partial charge in [-0.3, -0.25) is 9.69 Å². The van der Waals surface area contributed by atoms with Gasteiger partial charge in [-0.15, -0.1) is 0 Å². The van der Waals surface area contributed by atoms with E-state index in [1.807, 2.05) is 20.0 Å². The molecular weight excluding hydrogens is 288 g/mol. The van der Waals surface area contributed by atoms with E-state index in [0.717, 1.165) is 24.4 Å². The Morgan fingerprint density at radius 3 is 2.70 bits per heavy atom. The Morgan fingerprint density at radius 2 is 2.04 bits per heavy atom. The van der Waals surface area contributed by atoms with Gasteiger partial charge in [0.2, 0.25) is 5.91 Å². The summed E-state index contributed by atoms with van der Waals surface area (Å²) in [5.41, 5.74) is 2.33. The minimum Gasteiger partial charge on any atom is -0.496 e. The lowest BCUT2D eigenvalue weighted by molar-refractivity contribution is -0.122. The summed E-state index contributed by atoms with van der Waals surface area (Å²) < 4.78 is 5.28. The van der Waals surface area contributed by atoms with Gasteiger partial charge in [0.25, 0.3) is 0 Å². The first-order chi connectivity index (χ1) is 11.1. The second kappa shape index (κ2) is 8.92. The number of ether oxygens (including phenoxy) is 1. The maximum absolute atomic E-state index is 12.1. The topological polar surface area (TPSA) is 41.6 Å². The van der Waals surface area contributed by atoms with Crippen LogP contribution in [0.4, 0.5) is 0 Å². The Balaban J connectivity index is 1.73. The minimum atomic E-state index is 0.128. The second-order valence-corrected chi connectivity index (χ2v) is 6.78. The van der Waals surface area contributed by atoms with Crippen LogP contribution in [0.1, 0.15) is 43.2 Å². The third kappa shape index (κ3) is 5.87. The highest BCUT2D eigenvalue weighted by Gasteiger charge is 2.15. The number of carbonyl (C=O) groups is 1. The number of methoxy groups -OCH3 is 1. The second-order valence-electron chi connectivity index (χ2n) is 6.78. The Bertz CT molecular complexity index is 510. The van der Waals surface area contributed by atoms with Crippen molar-refractivity contribution in [2.45, 2.75) is 45.6 Å². The van der Waals surface area contributed by atoms with E-state index < -0.39 is 0 Å². The molecule has 0 aliphatic heterocycles. The van der Waals surface area contributed by atoms with Crippen molar-refractivity contribution in [2.24, 2.45) is 5.92 Å². The molecule has 2 rings (SSSR count). The van der Waals surface area contributed by atoms with Crippen LogP contribution in [0.5, 0.6) is 5.75 Å². The van der Waals surface area contributed by atoms with Crippen molar-refractivity contribution < 1.29 is 9.53 Å². The molecule has 1 aliphatic carbocycles. The summed E-state index contributed by atoms with van der Waals surface area (Å²) in [5, 5.41) is 3.10. The van der Waals surface area contributed by atoms with Gasteiger partial charge in [0.1, 0.15) is 5.75 Å². The molecule has 23 heavy (non-hydrogen) atoms. The van der Waals surface area contributed by atoms with Crippen molar-refractivity contribution in [1.82, 2.24) is 10.2 Å². The van der Waals surface area contributed by atoms with Crippen LogP contribution in [-0.4, -0.2) is 38.1 Å². The summed E-state index contributed by atoms with van der Waals surface area (Å²) in [6.45, 7) is 4.09. The molecule has 1 aromatic carbocycles. The molecule has 1 aliphatic rings. The molecule has 0 radical (unpaired) electrons. The van der Waals surface area contributed by atoms with Crippen LogP contribution in [0, 0.1) is 12.8 Å². The normalized spacial score (nSPS) is 15.7. The average molecular weight is 318 g/mol. The zero-order valence-corrected chi connectivity index (χ0v) is 14.7. The standard InChI is InChI=1S/C19H30N2O2/c1-15-11-17(9-10-18(15)23-3)13-21(2)14-19(22)20-12-16-7-5-4-6-8-16/h9-11,16H,4-8,12-14H2,1-3H3,(H,20,22). The molecule has 128 valence electrons. The van der Waals surface area contributed by atoms with E-state index in [-0.39, 0.29) is 5.91 Å². The summed E-state index contributed by atoms with van der Waals surface area (Å²) >= 11 is 0. The van der Waals surface area contributed by atoms with Crippen LogP contribution in [0.2, 0.25) is 0 Å². The third-order valence-electron chi connectivity index (χ3n) is 4.64.